The monoisotopic (exact) mass is 292 g/mol. The molecule has 1 heterocycles. The summed E-state index contributed by atoms with van der Waals surface area (Å²) in [6.07, 6.45) is 1.72. The molecule has 6 heteroatoms. The van der Waals surface area contributed by atoms with Gasteiger partial charge in [0, 0.05) is 0 Å². The minimum atomic E-state index is -1.29. The summed E-state index contributed by atoms with van der Waals surface area (Å²) in [7, 11) is 1.50. The Labute approximate surface area is 113 Å². The van der Waals surface area contributed by atoms with Gasteiger partial charge in [-0.3, -0.25) is 4.79 Å². The zero-order chi connectivity index (χ0) is 12.6. The van der Waals surface area contributed by atoms with E-state index in [9.17, 15) is 4.79 Å². The van der Waals surface area contributed by atoms with Gasteiger partial charge >= 0.3 is 0 Å². The highest BCUT2D eigenvalue weighted by atomic mass is 35.5. The van der Waals surface area contributed by atoms with E-state index in [0.29, 0.717) is 17.1 Å². The Morgan fingerprint density at radius 2 is 2.24 bits per heavy atom. The Balaban J connectivity index is 2.57. The second-order valence-electron chi connectivity index (χ2n) is 3.45. The van der Waals surface area contributed by atoms with Crippen molar-refractivity contribution in [3.05, 3.63) is 23.8 Å². The number of ketones is 1. The number of ether oxygens (including phenoxy) is 2. The molecule has 1 aliphatic rings. The fraction of sp³-hybridized carbons (Fsp3) is 0.364. The molecule has 0 spiro atoms. The summed E-state index contributed by atoms with van der Waals surface area (Å²) in [5.41, 5.74) is -0.541. The summed E-state index contributed by atoms with van der Waals surface area (Å²) in [5.74, 6) is 0.568. The molecule has 2 rings (SSSR count). The van der Waals surface area contributed by atoms with Crippen LogP contribution in [-0.4, -0.2) is 28.9 Å². The smallest absolute Gasteiger partial charge is 0.208 e. The molecule has 1 aromatic carbocycles. The minimum absolute atomic E-state index is 0.258. The van der Waals surface area contributed by atoms with E-state index >= 15 is 0 Å². The number of halogens is 2. The van der Waals surface area contributed by atoms with Gasteiger partial charge in [0.25, 0.3) is 0 Å². The van der Waals surface area contributed by atoms with Crippen molar-refractivity contribution in [3.8, 4) is 11.5 Å². The largest absolute Gasteiger partial charge is 0.493 e. The first-order valence-corrected chi connectivity index (χ1v) is 6.85. The number of methoxy groups -OCH3 is 1. The van der Waals surface area contributed by atoms with E-state index in [-0.39, 0.29) is 5.78 Å². The number of rotatable bonds is 2. The van der Waals surface area contributed by atoms with E-state index < -0.39 is 9.77 Å². The molecular weight excluding hydrogens is 283 g/mol. The lowest BCUT2D eigenvalue weighted by molar-refractivity contribution is 0.0896. The van der Waals surface area contributed by atoms with Crippen LogP contribution in [0.5, 0.6) is 11.5 Å². The van der Waals surface area contributed by atoms with Crippen LogP contribution in [0.4, 0.5) is 0 Å². The molecule has 0 aliphatic carbocycles. The Morgan fingerprint density at radius 3 is 2.82 bits per heavy atom. The number of alkyl halides is 2. The van der Waals surface area contributed by atoms with Crippen LogP contribution < -0.4 is 9.47 Å². The summed E-state index contributed by atoms with van der Waals surface area (Å²) in [6.45, 7) is 0. The lowest BCUT2D eigenvalue weighted by Gasteiger charge is -2.34. The summed E-state index contributed by atoms with van der Waals surface area (Å²) >= 11 is 13.4. The SMILES string of the molecule is COc1cccc2c1OC(Cl)C(Cl)(SC)C2=O. The number of Topliss-reactive ketones (excluding diaryl/α,β-unsaturated/α-hetero) is 1. The quantitative estimate of drug-likeness (QED) is 0.785. The van der Waals surface area contributed by atoms with Gasteiger partial charge in [0.05, 0.1) is 12.7 Å². The number of hydrogen-bond donors (Lipinski definition) is 0. The first kappa shape index (κ1) is 12.9. The van der Waals surface area contributed by atoms with E-state index in [0.717, 1.165) is 11.8 Å². The predicted molar refractivity (Wildman–Crippen MR) is 69.7 cm³/mol. The third-order valence-corrected chi connectivity index (χ3v) is 5.05. The van der Waals surface area contributed by atoms with Crippen molar-refractivity contribution >= 4 is 40.7 Å². The number of carbonyl (C=O) groups is 1. The summed E-state index contributed by atoms with van der Waals surface area (Å²) in [4.78, 5) is 12.3. The number of fused-ring (bicyclic) bond motifs is 1. The van der Waals surface area contributed by atoms with Gasteiger partial charge in [-0.1, -0.05) is 29.3 Å². The molecule has 0 fully saturated rings. The lowest BCUT2D eigenvalue weighted by Crippen LogP contribution is -2.45. The van der Waals surface area contributed by atoms with Gasteiger partial charge in [-0.15, -0.1) is 11.8 Å². The number of thioether (sulfide) groups is 1. The van der Waals surface area contributed by atoms with Crippen LogP contribution in [-0.2, 0) is 0 Å². The number of hydrogen-bond acceptors (Lipinski definition) is 4. The van der Waals surface area contributed by atoms with Crippen molar-refractivity contribution in [2.75, 3.05) is 13.4 Å². The topological polar surface area (TPSA) is 35.5 Å². The van der Waals surface area contributed by atoms with Crippen LogP contribution in [0.3, 0.4) is 0 Å². The highest BCUT2D eigenvalue weighted by molar-refractivity contribution is 8.02. The Hall–Kier alpha value is -0.580. The fourth-order valence-corrected chi connectivity index (χ4v) is 2.76. The van der Waals surface area contributed by atoms with E-state index in [4.69, 9.17) is 32.7 Å². The maximum atomic E-state index is 12.3. The first-order valence-electron chi connectivity index (χ1n) is 4.81. The highest BCUT2D eigenvalue weighted by Gasteiger charge is 2.50. The lowest BCUT2D eigenvalue weighted by atomic mass is 10.0. The van der Waals surface area contributed by atoms with Crippen LogP contribution >= 0.6 is 35.0 Å². The van der Waals surface area contributed by atoms with E-state index in [1.807, 2.05) is 0 Å². The molecule has 0 saturated heterocycles. The van der Waals surface area contributed by atoms with E-state index in [1.165, 1.54) is 7.11 Å². The predicted octanol–water partition coefficient (Wildman–Crippen LogP) is 3.13. The zero-order valence-corrected chi connectivity index (χ0v) is 11.5. The third kappa shape index (κ3) is 1.88. The van der Waals surface area contributed by atoms with Gasteiger partial charge in [-0.25, -0.2) is 0 Å². The number of para-hydroxylation sites is 1. The summed E-state index contributed by atoms with van der Waals surface area (Å²) < 4.78 is 9.33. The molecule has 2 unspecified atom stereocenters. The maximum Gasteiger partial charge on any atom is 0.208 e. The fourth-order valence-electron chi connectivity index (χ4n) is 1.63. The van der Waals surface area contributed by atoms with Crippen molar-refractivity contribution in [1.29, 1.82) is 0 Å². The maximum absolute atomic E-state index is 12.3. The van der Waals surface area contributed by atoms with Gasteiger partial charge in [0.2, 0.25) is 15.6 Å². The van der Waals surface area contributed by atoms with E-state index in [2.05, 4.69) is 0 Å². The molecule has 1 aliphatic heterocycles. The Bertz CT molecular complexity index is 466. The molecule has 3 nitrogen and oxygen atoms in total. The molecule has 17 heavy (non-hydrogen) atoms. The summed E-state index contributed by atoms with van der Waals surface area (Å²) in [5, 5.41) is 0. The first-order chi connectivity index (χ1) is 8.04. The second-order valence-corrected chi connectivity index (χ2v) is 5.72. The van der Waals surface area contributed by atoms with Crippen LogP contribution in [0.25, 0.3) is 0 Å². The zero-order valence-electron chi connectivity index (χ0n) is 9.20. The van der Waals surface area contributed by atoms with Gasteiger partial charge < -0.3 is 9.47 Å². The van der Waals surface area contributed by atoms with Crippen LogP contribution in [0.1, 0.15) is 10.4 Å². The Morgan fingerprint density at radius 1 is 1.53 bits per heavy atom. The minimum Gasteiger partial charge on any atom is -0.493 e. The van der Waals surface area contributed by atoms with Crippen LogP contribution in [0, 0.1) is 0 Å². The average molecular weight is 293 g/mol. The second kappa shape index (κ2) is 4.59. The van der Waals surface area contributed by atoms with Gasteiger partial charge in [0.15, 0.2) is 11.5 Å². The normalized spacial score (nSPS) is 27.3. The molecule has 0 radical (unpaired) electrons. The third-order valence-electron chi connectivity index (χ3n) is 2.56. The van der Waals surface area contributed by atoms with Crippen molar-refractivity contribution in [2.45, 2.75) is 9.77 Å². The molecular formula is C11H10Cl2O3S. The van der Waals surface area contributed by atoms with Gasteiger partial charge in [0.1, 0.15) is 0 Å². The van der Waals surface area contributed by atoms with Crippen molar-refractivity contribution in [2.24, 2.45) is 0 Å². The molecule has 0 bridgehead atoms. The van der Waals surface area contributed by atoms with Crippen molar-refractivity contribution in [3.63, 3.8) is 0 Å². The number of benzene rings is 1. The van der Waals surface area contributed by atoms with E-state index in [1.54, 1.807) is 24.5 Å². The van der Waals surface area contributed by atoms with Crippen molar-refractivity contribution < 1.29 is 14.3 Å². The molecule has 0 saturated carbocycles. The highest BCUT2D eigenvalue weighted by Crippen LogP contribution is 2.47. The Kier molecular flexibility index (Phi) is 3.48. The van der Waals surface area contributed by atoms with Crippen LogP contribution in [0.2, 0.25) is 0 Å². The van der Waals surface area contributed by atoms with Crippen LogP contribution in [0.15, 0.2) is 18.2 Å². The molecule has 2 atom stereocenters. The van der Waals surface area contributed by atoms with Gasteiger partial charge in [-0.05, 0) is 18.4 Å². The van der Waals surface area contributed by atoms with Gasteiger partial charge in [-0.2, -0.15) is 0 Å². The molecule has 1 aromatic rings. The molecule has 92 valence electrons. The average Bonchev–Trinajstić information content (AvgIpc) is 2.35. The standard InChI is InChI=1S/C11H10Cl2O3S/c1-15-7-5-3-4-6-8(7)16-10(12)11(13,17-2)9(6)14/h3-5,10H,1-2H3. The molecule has 0 aromatic heterocycles. The summed E-state index contributed by atoms with van der Waals surface area (Å²) in [6, 6.07) is 5.07. The molecule has 0 amide bonds. The number of carbonyl (C=O) groups excluding carboxylic acids is 1. The molecule has 0 N–H and O–H groups in total. The van der Waals surface area contributed by atoms with Crippen molar-refractivity contribution in [1.82, 2.24) is 0 Å².